The average molecular weight is 431 g/mol. The van der Waals surface area contributed by atoms with Crippen LogP contribution in [0.4, 0.5) is 22.4 Å². The van der Waals surface area contributed by atoms with Crippen LogP contribution in [0.25, 0.3) is 0 Å². The number of hydrogen-bond acceptors (Lipinski definition) is 4. The fraction of sp³-hybridized carbons (Fsp3) is 0.579. The quantitative estimate of drug-likeness (QED) is 0.742. The third-order valence-electron chi connectivity index (χ3n) is 5.56. The van der Waals surface area contributed by atoms with Gasteiger partial charge in [0.15, 0.2) is 11.6 Å². The molecule has 3 saturated heterocycles. The molecule has 3 fully saturated rings. The Hall–Kier alpha value is -2.56. The summed E-state index contributed by atoms with van der Waals surface area (Å²) in [5, 5.41) is 2.84. The SMILES string of the molecule is O=C1CO[C@H]2CCN(C(=O)N3CC(COc4ccc(C(F)(F)F)cc4F)C3)C[C@H]2N1. The van der Waals surface area contributed by atoms with Crippen molar-refractivity contribution in [1.82, 2.24) is 15.1 Å². The van der Waals surface area contributed by atoms with E-state index in [4.69, 9.17) is 9.47 Å². The normalized spacial score (nSPS) is 24.7. The molecule has 0 unspecified atom stereocenters. The minimum Gasteiger partial charge on any atom is -0.490 e. The Morgan fingerprint density at radius 2 is 2.00 bits per heavy atom. The van der Waals surface area contributed by atoms with Crippen molar-refractivity contribution in [2.45, 2.75) is 24.7 Å². The average Bonchev–Trinajstić information content (AvgIpc) is 2.66. The lowest BCUT2D eigenvalue weighted by molar-refractivity contribution is -0.140. The fourth-order valence-corrected chi connectivity index (χ4v) is 3.91. The zero-order valence-electron chi connectivity index (χ0n) is 16.0. The summed E-state index contributed by atoms with van der Waals surface area (Å²) < 4.78 is 62.4. The summed E-state index contributed by atoms with van der Waals surface area (Å²) in [4.78, 5) is 27.4. The molecule has 3 aliphatic heterocycles. The highest BCUT2D eigenvalue weighted by Gasteiger charge is 2.40. The minimum absolute atomic E-state index is 0.0362. The highest BCUT2D eigenvalue weighted by atomic mass is 19.4. The maximum absolute atomic E-state index is 13.8. The number of urea groups is 1. The van der Waals surface area contributed by atoms with Crippen LogP contribution in [0, 0.1) is 11.7 Å². The van der Waals surface area contributed by atoms with Crippen LogP contribution in [0.2, 0.25) is 0 Å². The summed E-state index contributed by atoms with van der Waals surface area (Å²) in [6, 6.07) is 1.78. The predicted molar refractivity (Wildman–Crippen MR) is 95.2 cm³/mol. The summed E-state index contributed by atoms with van der Waals surface area (Å²) >= 11 is 0. The molecule has 7 nitrogen and oxygen atoms in total. The van der Waals surface area contributed by atoms with E-state index < -0.39 is 17.6 Å². The van der Waals surface area contributed by atoms with Crippen LogP contribution in [-0.2, 0) is 15.7 Å². The van der Waals surface area contributed by atoms with E-state index in [0.717, 1.165) is 12.1 Å². The Morgan fingerprint density at radius 1 is 1.23 bits per heavy atom. The number of piperidine rings is 1. The number of nitrogens with zero attached hydrogens (tertiary/aromatic N) is 2. The molecular weight excluding hydrogens is 410 g/mol. The molecule has 1 aromatic carbocycles. The number of carbonyl (C=O) groups is 2. The first kappa shape index (κ1) is 20.7. The largest absolute Gasteiger partial charge is 0.490 e. The molecule has 3 heterocycles. The van der Waals surface area contributed by atoms with E-state index in [2.05, 4.69) is 5.32 Å². The van der Waals surface area contributed by atoms with E-state index >= 15 is 0 Å². The number of ether oxygens (including phenoxy) is 2. The number of nitrogens with one attached hydrogen (secondary N) is 1. The maximum atomic E-state index is 13.8. The van der Waals surface area contributed by atoms with Crippen molar-refractivity contribution in [2.24, 2.45) is 5.92 Å². The number of benzene rings is 1. The Labute approximate surface area is 169 Å². The van der Waals surface area contributed by atoms with Crippen molar-refractivity contribution < 1.29 is 36.6 Å². The highest BCUT2D eigenvalue weighted by Crippen LogP contribution is 2.32. The number of hydrogen-bond donors (Lipinski definition) is 1. The Bertz CT molecular complexity index is 828. The molecule has 4 rings (SSSR count). The van der Waals surface area contributed by atoms with Gasteiger partial charge in [0, 0.05) is 32.1 Å². The first-order valence-electron chi connectivity index (χ1n) is 9.65. The third kappa shape index (κ3) is 4.30. The number of likely N-dealkylation sites (tertiary alicyclic amines) is 2. The van der Waals surface area contributed by atoms with Gasteiger partial charge in [-0.2, -0.15) is 13.2 Å². The topological polar surface area (TPSA) is 71.1 Å². The summed E-state index contributed by atoms with van der Waals surface area (Å²) in [5.41, 5.74) is -1.07. The summed E-state index contributed by atoms with van der Waals surface area (Å²) in [6.45, 7) is 1.88. The van der Waals surface area contributed by atoms with Crippen molar-refractivity contribution in [3.63, 3.8) is 0 Å². The molecule has 0 aromatic heterocycles. The predicted octanol–water partition coefficient (Wildman–Crippen LogP) is 1.86. The molecule has 0 saturated carbocycles. The zero-order valence-corrected chi connectivity index (χ0v) is 16.0. The molecular formula is C19H21F4N3O4. The van der Waals surface area contributed by atoms with Crippen LogP contribution in [0.1, 0.15) is 12.0 Å². The van der Waals surface area contributed by atoms with Gasteiger partial charge in [0.2, 0.25) is 5.91 Å². The van der Waals surface area contributed by atoms with Crippen LogP contribution >= 0.6 is 0 Å². The van der Waals surface area contributed by atoms with Crippen molar-refractivity contribution in [3.05, 3.63) is 29.6 Å². The monoisotopic (exact) mass is 431 g/mol. The number of amides is 3. The van der Waals surface area contributed by atoms with E-state index in [1.807, 2.05) is 0 Å². The maximum Gasteiger partial charge on any atom is 0.416 e. The molecule has 0 radical (unpaired) electrons. The van der Waals surface area contributed by atoms with E-state index in [1.165, 1.54) is 0 Å². The minimum atomic E-state index is -4.62. The lowest BCUT2D eigenvalue weighted by atomic mass is 9.99. The number of morpholine rings is 1. The molecule has 11 heteroatoms. The van der Waals surface area contributed by atoms with Gasteiger partial charge in [0.05, 0.1) is 24.3 Å². The van der Waals surface area contributed by atoms with Crippen LogP contribution in [0.15, 0.2) is 18.2 Å². The lowest BCUT2D eigenvalue weighted by Crippen LogP contribution is -2.64. The van der Waals surface area contributed by atoms with Gasteiger partial charge >= 0.3 is 12.2 Å². The lowest BCUT2D eigenvalue weighted by Gasteiger charge is -2.46. The Kier molecular flexibility index (Phi) is 5.48. The molecule has 2 atom stereocenters. The van der Waals surface area contributed by atoms with Crippen molar-refractivity contribution in [3.8, 4) is 5.75 Å². The van der Waals surface area contributed by atoms with Crippen LogP contribution in [-0.4, -0.2) is 73.3 Å². The summed E-state index contributed by atoms with van der Waals surface area (Å²) in [6.07, 6.45) is -4.05. The molecule has 3 aliphatic rings. The number of alkyl halides is 3. The second-order valence-electron chi connectivity index (χ2n) is 7.77. The van der Waals surface area contributed by atoms with Crippen molar-refractivity contribution >= 4 is 11.9 Å². The molecule has 1 N–H and O–H groups in total. The first-order chi connectivity index (χ1) is 14.2. The Morgan fingerprint density at radius 3 is 2.70 bits per heavy atom. The van der Waals surface area contributed by atoms with Crippen molar-refractivity contribution in [2.75, 3.05) is 39.4 Å². The Balaban J connectivity index is 1.23. The van der Waals surface area contributed by atoms with Crippen LogP contribution < -0.4 is 10.1 Å². The zero-order chi connectivity index (χ0) is 21.5. The van der Waals surface area contributed by atoms with Gasteiger partial charge in [0.25, 0.3) is 0 Å². The second-order valence-corrected chi connectivity index (χ2v) is 7.77. The number of carbonyl (C=O) groups excluding carboxylic acids is 2. The second kappa shape index (κ2) is 7.93. The molecule has 0 spiro atoms. The fourth-order valence-electron chi connectivity index (χ4n) is 3.91. The molecule has 3 amide bonds. The molecule has 0 aliphatic carbocycles. The van der Waals surface area contributed by atoms with E-state index in [0.29, 0.717) is 38.7 Å². The van der Waals surface area contributed by atoms with E-state index in [-0.39, 0.29) is 49.0 Å². The molecule has 1 aromatic rings. The van der Waals surface area contributed by atoms with Gasteiger partial charge < -0.3 is 24.6 Å². The standard InChI is InChI=1S/C19H21F4N3O4/c20-13-5-12(19(21,22)23)1-2-15(13)29-9-11-6-26(7-11)18(28)25-4-3-16-14(8-25)24-17(27)10-30-16/h1-2,5,11,14,16H,3-4,6-10H2,(H,24,27)/t14-,16+/m1/s1. The molecule has 30 heavy (non-hydrogen) atoms. The van der Waals surface area contributed by atoms with Gasteiger partial charge in [-0.25, -0.2) is 9.18 Å². The van der Waals surface area contributed by atoms with Crippen molar-refractivity contribution in [1.29, 1.82) is 0 Å². The number of fused-ring (bicyclic) bond motifs is 1. The number of rotatable bonds is 3. The highest BCUT2D eigenvalue weighted by molar-refractivity contribution is 5.79. The van der Waals surface area contributed by atoms with Gasteiger partial charge in [0.1, 0.15) is 6.61 Å². The first-order valence-corrected chi connectivity index (χ1v) is 9.65. The molecule has 164 valence electrons. The van der Waals surface area contributed by atoms with Gasteiger partial charge in [-0.15, -0.1) is 0 Å². The van der Waals surface area contributed by atoms with Crippen LogP contribution in [0.5, 0.6) is 5.75 Å². The molecule has 0 bridgehead atoms. The third-order valence-corrected chi connectivity index (χ3v) is 5.56. The van der Waals surface area contributed by atoms with Crippen LogP contribution in [0.3, 0.4) is 0 Å². The van der Waals surface area contributed by atoms with Gasteiger partial charge in [-0.05, 0) is 24.6 Å². The van der Waals surface area contributed by atoms with Gasteiger partial charge in [-0.3, -0.25) is 4.79 Å². The smallest absolute Gasteiger partial charge is 0.416 e. The van der Waals surface area contributed by atoms with E-state index in [9.17, 15) is 27.2 Å². The summed E-state index contributed by atoms with van der Waals surface area (Å²) in [5.74, 6) is -1.55. The van der Waals surface area contributed by atoms with Gasteiger partial charge in [-0.1, -0.05) is 0 Å². The number of halogens is 4. The summed E-state index contributed by atoms with van der Waals surface area (Å²) in [7, 11) is 0. The van der Waals surface area contributed by atoms with E-state index in [1.54, 1.807) is 9.80 Å².